The molecule has 3 unspecified atom stereocenters. The molecule has 0 aromatic heterocycles. The number of aliphatic hydroxyl groups is 1. The lowest BCUT2D eigenvalue weighted by molar-refractivity contribution is 0.169. The summed E-state index contributed by atoms with van der Waals surface area (Å²) in [6.45, 7) is 0.725. The number of rotatable bonds is 3. The van der Waals surface area contributed by atoms with E-state index in [0.29, 0.717) is 12.0 Å². The van der Waals surface area contributed by atoms with Gasteiger partial charge in [-0.25, -0.2) is 0 Å². The Labute approximate surface area is 84.9 Å². The third-order valence-electron chi connectivity index (χ3n) is 3.42. The van der Waals surface area contributed by atoms with E-state index in [-0.39, 0.29) is 6.10 Å². The zero-order valence-electron chi connectivity index (χ0n) is 8.48. The molecule has 3 heteroatoms. The van der Waals surface area contributed by atoms with Gasteiger partial charge in [-0.2, -0.15) is 0 Å². The Hall–Kier alpha value is -0.540. The first-order chi connectivity index (χ1) is 6.77. The summed E-state index contributed by atoms with van der Waals surface area (Å²) >= 11 is 0. The van der Waals surface area contributed by atoms with E-state index in [2.05, 4.69) is 0 Å². The monoisotopic (exact) mass is 197 g/mol. The van der Waals surface area contributed by atoms with E-state index >= 15 is 0 Å². The van der Waals surface area contributed by atoms with Gasteiger partial charge >= 0.3 is 0 Å². The fraction of sp³-hybridized carbons (Fsp3) is 0.818. The zero-order valence-corrected chi connectivity index (χ0v) is 8.48. The molecule has 2 aliphatic rings. The lowest BCUT2D eigenvalue weighted by atomic mass is 9.93. The summed E-state index contributed by atoms with van der Waals surface area (Å²) < 4.78 is 5.12. The Balaban J connectivity index is 1.84. The highest BCUT2D eigenvalue weighted by atomic mass is 16.5. The largest absolute Gasteiger partial charge is 0.501 e. The Morgan fingerprint density at radius 3 is 3.00 bits per heavy atom. The molecule has 1 aliphatic carbocycles. The van der Waals surface area contributed by atoms with Crippen molar-refractivity contribution >= 4 is 0 Å². The lowest BCUT2D eigenvalue weighted by Crippen LogP contribution is -2.28. The van der Waals surface area contributed by atoms with Crippen molar-refractivity contribution in [2.45, 2.75) is 44.2 Å². The van der Waals surface area contributed by atoms with Crippen molar-refractivity contribution in [3.8, 4) is 0 Å². The van der Waals surface area contributed by atoms with E-state index in [4.69, 9.17) is 10.5 Å². The van der Waals surface area contributed by atoms with E-state index in [0.717, 1.165) is 31.4 Å². The normalized spacial score (nSPS) is 34.0. The number of nitrogens with two attached hydrogens (primary N) is 1. The molecule has 0 saturated heterocycles. The predicted molar refractivity (Wildman–Crippen MR) is 54.6 cm³/mol. The smallest absolute Gasteiger partial charge is 0.0912 e. The molecule has 3 N–H and O–H groups in total. The first kappa shape index (κ1) is 9.99. The summed E-state index contributed by atoms with van der Waals surface area (Å²) in [4.78, 5) is 0. The number of aliphatic hydroxyl groups excluding tert-OH is 1. The van der Waals surface area contributed by atoms with Gasteiger partial charge in [-0.15, -0.1) is 0 Å². The zero-order chi connectivity index (χ0) is 9.97. The molecule has 0 radical (unpaired) electrons. The second-order valence-electron chi connectivity index (χ2n) is 4.42. The topological polar surface area (TPSA) is 55.5 Å². The second kappa shape index (κ2) is 4.32. The maximum Gasteiger partial charge on any atom is 0.0912 e. The van der Waals surface area contributed by atoms with Crippen LogP contribution in [-0.4, -0.2) is 23.9 Å². The van der Waals surface area contributed by atoms with Crippen LogP contribution in [0.25, 0.3) is 0 Å². The maximum absolute atomic E-state index is 9.92. The average molecular weight is 197 g/mol. The van der Waals surface area contributed by atoms with Gasteiger partial charge < -0.3 is 15.6 Å². The van der Waals surface area contributed by atoms with Crippen LogP contribution in [0, 0.1) is 5.92 Å². The SMILES string of the molecule is NC1CCCC1CC(O)C1=COCC1. The third kappa shape index (κ3) is 2.10. The van der Waals surface area contributed by atoms with Gasteiger partial charge in [-0.1, -0.05) is 6.42 Å². The molecule has 0 spiro atoms. The molecular formula is C11H19NO2. The standard InChI is InChI=1S/C11H19NO2/c12-10-3-1-2-8(10)6-11(13)9-4-5-14-7-9/h7-8,10-11,13H,1-6,12H2. The van der Waals surface area contributed by atoms with E-state index in [1.165, 1.54) is 12.8 Å². The summed E-state index contributed by atoms with van der Waals surface area (Å²) in [6.07, 6.45) is 6.59. The molecule has 1 heterocycles. The summed E-state index contributed by atoms with van der Waals surface area (Å²) in [5, 5.41) is 9.92. The first-order valence-electron chi connectivity index (χ1n) is 5.51. The molecule has 3 atom stereocenters. The quantitative estimate of drug-likeness (QED) is 0.714. The van der Waals surface area contributed by atoms with Gasteiger partial charge in [-0.3, -0.25) is 0 Å². The maximum atomic E-state index is 9.92. The number of hydrogen-bond donors (Lipinski definition) is 2. The minimum absolute atomic E-state index is 0.299. The van der Waals surface area contributed by atoms with Crippen LogP contribution in [0.3, 0.4) is 0 Å². The number of ether oxygens (including phenoxy) is 1. The molecule has 1 saturated carbocycles. The van der Waals surface area contributed by atoms with Crippen LogP contribution in [-0.2, 0) is 4.74 Å². The van der Waals surface area contributed by atoms with E-state index in [1.807, 2.05) is 0 Å². The van der Waals surface area contributed by atoms with Gasteiger partial charge in [0.2, 0.25) is 0 Å². The van der Waals surface area contributed by atoms with Crippen molar-refractivity contribution in [1.82, 2.24) is 0 Å². The van der Waals surface area contributed by atoms with Crippen molar-refractivity contribution in [2.75, 3.05) is 6.61 Å². The fourth-order valence-electron chi connectivity index (χ4n) is 2.44. The molecule has 1 fully saturated rings. The Bertz CT molecular complexity index is 227. The van der Waals surface area contributed by atoms with Gasteiger partial charge in [0, 0.05) is 12.5 Å². The first-order valence-corrected chi connectivity index (χ1v) is 5.51. The van der Waals surface area contributed by atoms with Crippen LogP contribution in [0.4, 0.5) is 0 Å². The van der Waals surface area contributed by atoms with Gasteiger partial charge in [0.25, 0.3) is 0 Å². The van der Waals surface area contributed by atoms with E-state index < -0.39 is 0 Å². The summed E-state index contributed by atoms with van der Waals surface area (Å²) in [7, 11) is 0. The van der Waals surface area contributed by atoms with Crippen molar-refractivity contribution in [2.24, 2.45) is 11.7 Å². The molecule has 0 amide bonds. The van der Waals surface area contributed by atoms with Gasteiger partial charge in [0.1, 0.15) is 0 Å². The second-order valence-corrected chi connectivity index (χ2v) is 4.42. The summed E-state index contributed by atoms with van der Waals surface area (Å²) in [6, 6.07) is 0.299. The fourth-order valence-corrected chi connectivity index (χ4v) is 2.44. The predicted octanol–water partition coefficient (Wildman–Crippen LogP) is 1.17. The Morgan fingerprint density at radius 2 is 2.43 bits per heavy atom. The molecule has 14 heavy (non-hydrogen) atoms. The highest BCUT2D eigenvalue weighted by molar-refractivity contribution is 5.09. The van der Waals surface area contributed by atoms with Crippen LogP contribution in [0.5, 0.6) is 0 Å². The molecule has 0 aromatic carbocycles. The van der Waals surface area contributed by atoms with Crippen molar-refractivity contribution < 1.29 is 9.84 Å². The lowest BCUT2D eigenvalue weighted by Gasteiger charge is -2.19. The van der Waals surface area contributed by atoms with Crippen LogP contribution in [0.2, 0.25) is 0 Å². The Kier molecular flexibility index (Phi) is 3.08. The van der Waals surface area contributed by atoms with Gasteiger partial charge in [0.15, 0.2) is 0 Å². The molecule has 3 nitrogen and oxygen atoms in total. The molecule has 2 rings (SSSR count). The minimum atomic E-state index is -0.327. The highest BCUT2D eigenvalue weighted by Crippen LogP contribution is 2.30. The van der Waals surface area contributed by atoms with Crippen LogP contribution in [0.1, 0.15) is 32.1 Å². The van der Waals surface area contributed by atoms with Crippen LogP contribution in [0.15, 0.2) is 11.8 Å². The van der Waals surface area contributed by atoms with Crippen LogP contribution >= 0.6 is 0 Å². The molecule has 0 bridgehead atoms. The summed E-state index contributed by atoms with van der Waals surface area (Å²) in [5.74, 6) is 0.506. The molecule has 80 valence electrons. The van der Waals surface area contributed by atoms with E-state index in [1.54, 1.807) is 6.26 Å². The highest BCUT2D eigenvalue weighted by Gasteiger charge is 2.27. The van der Waals surface area contributed by atoms with Gasteiger partial charge in [-0.05, 0) is 30.8 Å². The molecule has 1 aliphatic heterocycles. The molecular weight excluding hydrogens is 178 g/mol. The van der Waals surface area contributed by atoms with Crippen LogP contribution < -0.4 is 5.73 Å². The minimum Gasteiger partial charge on any atom is -0.501 e. The average Bonchev–Trinajstić information content (AvgIpc) is 2.77. The number of hydrogen-bond acceptors (Lipinski definition) is 3. The Morgan fingerprint density at radius 1 is 1.57 bits per heavy atom. The van der Waals surface area contributed by atoms with Gasteiger partial charge in [0.05, 0.1) is 19.0 Å². The third-order valence-corrected chi connectivity index (χ3v) is 3.42. The summed E-state index contributed by atoms with van der Waals surface area (Å²) in [5.41, 5.74) is 7.01. The van der Waals surface area contributed by atoms with Crippen molar-refractivity contribution in [3.63, 3.8) is 0 Å². The van der Waals surface area contributed by atoms with Crippen molar-refractivity contribution in [3.05, 3.63) is 11.8 Å². The van der Waals surface area contributed by atoms with E-state index in [9.17, 15) is 5.11 Å². The van der Waals surface area contributed by atoms with Crippen molar-refractivity contribution in [1.29, 1.82) is 0 Å². The molecule has 0 aromatic rings.